The molecule has 1 aliphatic heterocycles. The molecule has 0 spiro atoms. The van der Waals surface area contributed by atoms with Crippen LogP contribution in [-0.2, 0) is 0 Å². The molecule has 0 radical (unpaired) electrons. The normalized spacial score (nSPS) is 43.4. The number of fused-ring (bicyclic) bond motifs is 1. The Morgan fingerprint density at radius 1 is 0.867 bits per heavy atom. The fourth-order valence-electron chi connectivity index (χ4n) is 3.98. The van der Waals surface area contributed by atoms with Crippen LogP contribution in [0.4, 0.5) is 0 Å². The van der Waals surface area contributed by atoms with Crippen LogP contribution in [0.5, 0.6) is 0 Å². The first-order chi connectivity index (χ1) is 7.33. The maximum atomic E-state index is 6.27. The summed E-state index contributed by atoms with van der Waals surface area (Å²) in [6, 6.07) is 0.935. The van der Waals surface area contributed by atoms with Gasteiger partial charge in [0, 0.05) is 24.5 Å². The van der Waals surface area contributed by atoms with Crippen LogP contribution in [0.3, 0.4) is 0 Å². The minimum absolute atomic E-state index is 0.481. The van der Waals surface area contributed by atoms with Gasteiger partial charge in [0.15, 0.2) is 0 Å². The topological polar surface area (TPSA) is 3.24 Å². The van der Waals surface area contributed by atoms with Gasteiger partial charge in [0.2, 0.25) is 0 Å². The number of alkyl halides is 1. The summed E-state index contributed by atoms with van der Waals surface area (Å²) >= 11 is 6.27. The van der Waals surface area contributed by atoms with Crippen LogP contribution in [0, 0.1) is 11.8 Å². The van der Waals surface area contributed by atoms with Gasteiger partial charge in [-0.25, -0.2) is 0 Å². The molecule has 86 valence electrons. The van der Waals surface area contributed by atoms with Gasteiger partial charge in [-0.05, 0) is 43.9 Å². The molecule has 1 saturated heterocycles. The van der Waals surface area contributed by atoms with Gasteiger partial charge in [-0.1, -0.05) is 12.8 Å². The first-order valence-corrected chi connectivity index (χ1v) is 7.14. The Bertz CT molecular complexity index is 225. The van der Waals surface area contributed by atoms with Crippen LogP contribution in [0.15, 0.2) is 0 Å². The lowest BCUT2D eigenvalue weighted by Crippen LogP contribution is -2.31. The summed E-state index contributed by atoms with van der Waals surface area (Å²) in [7, 11) is 0. The molecule has 0 aromatic carbocycles. The van der Waals surface area contributed by atoms with E-state index in [-0.39, 0.29) is 0 Å². The van der Waals surface area contributed by atoms with E-state index in [0.717, 1.165) is 17.9 Å². The molecule has 3 aliphatic rings. The molecule has 2 heteroatoms. The molecule has 0 bridgehead atoms. The summed E-state index contributed by atoms with van der Waals surface area (Å²) in [5.41, 5.74) is 0. The lowest BCUT2D eigenvalue weighted by Gasteiger charge is -2.27. The van der Waals surface area contributed by atoms with Gasteiger partial charge in [0.1, 0.15) is 0 Å². The number of nitrogens with zero attached hydrogens (tertiary/aromatic N) is 1. The summed E-state index contributed by atoms with van der Waals surface area (Å²) in [5, 5.41) is 0.481. The lowest BCUT2D eigenvalue weighted by molar-refractivity contribution is 0.234. The molecule has 3 unspecified atom stereocenters. The van der Waals surface area contributed by atoms with E-state index in [1.165, 1.54) is 58.0 Å². The molecule has 0 aromatic rings. The first kappa shape index (κ1) is 10.4. The second-order valence-electron chi connectivity index (χ2n) is 5.82. The third kappa shape index (κ3) is 2.06. The molecule has 0 amide bonds. The Kier molecular flexibility index (Phi) is 2.95. The number of halogens is 1. The van der Waals surface area contributed by atoms with Crippen molar-refractivity contribution in [3.8, 4) is 0 Å². The third-order valence-electron chi connectivity index (χ3n) is 4.85. The van der Waals surface area contributed by atoms with Gasteiger partial charge in [-0.15, -0.1) is 11.6 Å². The zero-order chi connectivity index (χ0) is 10.3. The predicted octanol–water partition coefficient (Wildman–Crippen LogP) is 3.27. The van der Waals surface area contributed by atoms with E-state index in [1.807, 2.05) is 0 Å². The molecule has 2 saturated carbocycles. The van der Waals surface area contributed by atoms with E-state index < -0.39 is 0 Å². The Morgan fingerprint density at radius 2 is 1.60 bits per heavy atom. The first-order valence-electron chi connectivity index (χ1n) is 6.71. The van der Waals surface area contributed by atoms with Crippen molar-refractivity contribution >= 4 is 11.6 Å². The van der Waals surface area contributed by atoms with Crippen LogP contribution < -0.4 is 0 Å². The highest BCUT2D eigenvalue weighted by atomic mass is 35.5. The summed E-state index contributed by atoms with van der Waals surface area (Å²) in [6.45, 7) is 2.75. The number of rotatable bonds is 1. The van der Waals surface area contributed by atoms with Crippen molar-refractivity contribution in [3.05, 3.63) is 0 Å². The average molecular weight is 228 g/mol. The molecular weight excluding hydrogens is 206 g/mol. The highest BCUT2D eigenvalue weighted by Crippen LogP contribution is 2.40. The van der Waals surface area contributed by atoms with Crippen LogP contribution in [-0.4, -0.2) is 29.4 Å². The highest BCUT2D eigenvalue weighted by Gasteiger charge is 2.39. The Morgan fingerprint density at radius 3 is 2.40 bits per heavy atom. The zero-order valence-electron chi connectivity index (χ0n) is 9.50. The second-order valence-corrected chi connectivity index (χ2v) is 6.44. The Labute approximate surface area is 98.2 Å². The molecular formula is C13H22ClN. The van der Waals surface area contributed by atoms with E-state index in [0.29, 0.717) is 5.38 Å². The maximum Gasteiger partial charge on any atom is 0.0339 e. The van der Waals surface area contributed by atoms with Gasteiger partial charge in [-0.2, -0.15) is 0 Å². The number of likely N-dealkylation sites (tertiary alicyclic amines) is 1. The largest absolute Gasteiger partial charge is 0.300 e. The summed E-state index contributed by atoms with van der Waals surface area (Å²) in [6.07, 6.45) is 9.80. The zero-order valence-corrected chi connectivity index (χ0v) is 10.3. The maximum absolute atomic E-state index is 6.27. The molecule has 1 nitrogen and oxygen atoms in total. The van der Waals surface area contributed by atoms with Crippen LogP contribution >= 0.6 is 11.6 Å². The van der Waals surface area contributed by atoms with Crippen molar-refractivity contribution in [2.24, 2.45) is 11.8 Å². The molecule has 3 rings (SSSR count). The molecule has 15 heavy (non-hydrogen) atoms. The SMILES string of the molecule is ClC1CCC2CN(C3CCCC3)CC2C1. The summed E-state index contributed by atoms with van der Waals surface area (Å²) in [4.78, 5) is 2.79. The highest BCUT2D eigenvalue weighted by molar-refractivity contribution is 6.20. The Balaban J connectivity index is 1.61. The van der Waals surface area contributed by atoms with Crippen molar-refractivity contribution in [2.45, 2.75) is 56.4 Å². The van der Waals surface area contributed by atoms with E-state index in [4.69, 9.17) is 11.6 Å². The molecule has 3 fully saturated rings. The fourth-order valence-corrected chi connectivity index (χ4v) is 4.33. The molecule has 0 aromatic heterocycles. The van der Waals surface area contributed by atoms with E-state index in [2.05, 4.69) is 4.90 Å². The van der Waals surface area contributed by atoms with Crippen molar-refractivity contribution in [1.82, 2.24) is 4.90 Å². The van der Waals surface area contributed by atoms with E-state index >= 15 is 0 Å². The molecule has 0 N–H and O–H groups in total. The van der Waals surface area contributed by atoms with Crippen molar-refractivity contribution in [2.75, 3.05) is 13.1 Å². The van der Waals surface area contributed by atoms with Crippen molar-refractivity contribution in [1.29, 1.82) is 0 Å². The third-order valence-corrected chi connectivity index (χ3v) is 5.25. The quantitative estimate of drug-likeness (QED) is 0.622. The lowest BCUT2D eigenvalue weighted by atomic mass is 9.82. The van der Waals surface area contributed by atoms with E-state index in [1.54, 1.807) is 0 Å². The van der Waals surface area contributed by atoms with E-state index in [9.17, 15) is 0 Å². The van der Waals surface area contributed by atoms with Crippen LogP contribution in [0.25, 0.3) is 0 Å². The number of hydrogen-bond acceptors (Lipinski definition) is 1. The van der Waals surface area contributed by atoms with Crippen LogP contribution in [0.2, 0.25) is 0 Å². The molecule has 2 aliphatic carbocycles. The van der Waals surface area contributed by atoms with Crippen LogP contribution in [0.1, 0.15) is 44.9 Å². The standard InChI is InChI=1S/C13H22ClN/c14-12-6-5-10-8-15(9-11(10)7-12)13-3-1-2-4-13/h10-13H,1-9H2. The molecule has 3 atom stereocenters. The van der Waals surface area contributed by atoms with Crippen molar-refractivity contribution in [3.63, 3.8) is 0 Å². The van der Waals surface area contributed by atoms with Gasteiger partial charge in [0.05, 0.1) is 0 Å². The van der Waals surface area contributed by atoms with Gasteiger partial charge in [-0.3, -0.25) is 4.90 Å². The molecule has 1 heterocycles. The predicted molar refractivity (Wildman–Crippen MR) is 64.3 cm³/mol. The fraction of sp³-hybridized carbons (Fsp3) is 1.00. The smallest absolute Gasteiger partial charge is 0.0339 e. The minimum Gasteiger partial charge on any atom is -0.300 e. The Hall–Kier alpha value is 0.250. The minimum atomic E-state index is 0.481. The van der Waals surface area contributed by atoms with Gasteiger partial charge >= 0.3 is 0 Å². The average Bonchev–Trinajstić information content (AvgIpc) is 2.84. The van der Waals surface area contributed by atoms with Gasteiger partial charge in [0.25, 0.3) is 0 Å². The van der Waals surface area contributed by atoms with Crippen molar-refractivity contribution < 1.29 is 0 Å². The number of hydrogen-bond donors (Lipinski definition) is 0. The monoisotopic (exact) mass is 227 g/mol. The summed E-state index contributed by atoms with van der Waals surface area (Å²) < 4.78 is 0. The summed E-state index contributed by atoms with van der Waals surface area (Å²) in [5.74, 6) is 1.92. The van der Waals surface area contributed by atoms with Gasteiger partial charge < -0.3 is 0 Å². The second kappa shape index (κ2) is 4.25.